The summed E-state index contributed by atoms with van der Waals surface area (Å²) in [6.45, 7) is 7.74. The van der Waals surface area contributed by atoms with Crippen molar-refractivity contribution in [1.29, 1.82) is 0 Å². The van der Waals surface area contributed by atoms with Crippen LogP contribution in [0.4, 0.5) is 0 Å². The smallest absolute Gasteiger partial charge is 0.141 e. The molecular weight excluding hydrogens is 264 g/mol. The van der Waals surface area contributed by atoms with Gasteiger partial charge in [-0.1, -0.05) is 39.5 Å². The summed E-state index contributed by atoms with van der Waals surface area (Å²) in [4.78, 5) is 4.06. The summed E-state index contributed by atoms with van der Waals surface area (Å²) in [5.41, 5.74) is 2.07. The molecule has 0 radical (unpaired) electrons. The molecule has 0 saturated carbocycles. The van der Waals surface area contributed by atoms with Crippen LogP contribution >= 0.6 is 0 Å². The second-order valence-electron chi connectivity index (χ2n) is 6.13. The van der Waals surface area contributed by atoms with Gasteiger partial charge >= 0.3 is 0 Å². The second kappa shape index (κ2) is 9.74. The van der Waals surface area contributed by atoms with E-state index < -0.39 is 0 Å². The Morgan fingerprint density at radius 3 is 2.57 bits per heavy atom. The van der Waals surface area contributed by atoms with Gasteiger partial charge in [0.05, 0.1) is 12.3 Å². The minimum atomic E-state index is -0.0902. The third kappa shape index (κ3) is 6.44. The van der Waals surface area contributed by atoms with E-state index in [0.29, 0.717) is 17.8 Å². The average molecular weight is 294 g/mol. The number of hydrogen-bond acceptors (Lipinski definition) is 4. The van der Waals surface area contributed by atoms with E-state index in [1.807, 2.05) is 0 Å². The highest BCUT2D eigenvalue weighted by molar-refractivity contribution is 5.40. The number of pyridine rings is 1. The topological polar surface area (TPSA) is 65.4 Å². The van der Waals surface area contributed by atoms with Crippen molar-refractivity contribution >= 4 is 0 Å². The zero-order valence-electron chi connectivity index (χ0n) is 13.7. The summed E-state index contributed by atoms with van der Waals surface area (Å²) >= 11 is 0. The molecule has 0 saturated heterocycles. The Morgan fingerprint density at radius 1 is 1.19 bits per heavy atom. The molecule has 1 aromatic rings. The van der Waals surface area contributed by atoms with Crippen molar-refractivity contribution in [3.8, 4) is 5.75 Å². The lowest BCUT2D eigenvalue weighted by Crippen LogP contribution is -2.16. The Balaban J connectivity index is 2.25. The molecule has 3 N–H and O–H groups in total. The zero-order chi connectivity index (χ0) is 15.7. The predicted molar refractivity (Wildman–Crippen MR) is 86.2 cm³/mol. The average Bonchev–Trinajstić information content (AvgIpc) is 2.45. The fraction of sp³-hybridized carbons (Fsp3) is 0.706. The zero-order valence-corrected chi connectivity index (χ0v) is 13.7. The minimum absolute atomic E-state index is 0.0902. The predicted octanol–water partition coefficient (Wildman–Crippen LogP) is 3.28. The quantitative estimate of drug-likeness (QED) is 0.579. The van der Waals surface area contributed by atoms with Crippen LogP contribution in [0.15, 0.2) is 6.20 Å². The van der Waals surface area contributed by atoms with Gasteiger partial charge in [0.1, 0.15) is 5.75 Å². The molecule has 0 aromatic carbocycles. The highest BCUT2D eigenvalue weighted by Crippen LogP contribution is 2.23. The first-order valence-electron chi connectivity index (χ1n) is 8.04. The molecule has 0 bridgehead atoms. The van der Waals surface area contributed by atoms with E-state index in [4.69, 9.17) is 0 Å². The lowest BCUT2D eigenvalue weighted by atomic mass is 10.0. The Kier molecular flexibility index (Phi) is 8.31. The largest absolute Gasteiger partial charge is 0.506 e. The van der Waals surface area contributed by atoms with Crippen molar-refractivity contribution in [2.24, 2.45) is 5.92 Å². The van der Waals surface area contributed by atoms with E-state index in [1.54, 1.807) is 13.1 Å². The number of aliphatic hydroxyl groups excluding tert-OH is 1. The van der Waals surface area contributed by atoms with Crippen molar-refractivity contribution in [2.45, 2.75) is 66.0 Å². The van der Waals surface area contributed by atoms with Gasteiger partial charge in [-0.15, -0.1) is 0 Å². The Morgan fingerprint density at radius 2 is 1.90 bits per heavy atom. The first-order chi connectivity index (χ1) is 10.1. The van der Waals surface area contributed by atoms with Crippen molar-refractivity contribution in [2.75, 3.05) is 6.54 Å². The van der Waals surface area contributed by atoms with Gasteiger partial charge in [0, 0.05) is 23.9 Å². The third-order valence-corrected chi connectivity index (χ3v) is 3.79. The lowest BCUT2D eigenvalue weighted by Gasteiger charge is -2.12. The van der Waals surface area contributed by atoms with E-state index in [1.165, 1.54) is 25.7 Å². The van der Waals surface area contributed by atoms with Crippen LogP contribution in [0, 0.1) is 12.8 Å². The van der Waals surface area contributed by atoms with Crippen LogP contribution in [0.3, 0.4) is 0 Å². The monoisotopic (exact) mass is 294 g/mol. The minimum Gasteiger partial charge on any atom is -0.506 e. The van der Waals surface area contributed by atoms with Crippen LogP contribution in [0.5, 0.6) is 5.75 Å². The van der Waals surface area contributed by atoms with Gasteiger partial charge in [-0.25, -0.2) is 0 Å². The van der Waals surface area contributed by atoms with Crippen LogP contribution in [0.2, 0.25) is 0 Å². The molecule has 21 heavy (non-hydrogen) atoms. The van der Waals surface area contributed by atoms with Crippen LogP contribution < -0.4 is 5.32 Å². The Bertz CT molecular complexity index is 419. The number of nitrogens with zero attached hydrogens (tertiary/aromatic N) is 1. The normalized spacial score (nSPS) is 11.3. The van der Waals surface area contributed by atoms with Crippen LogP contribution in [0.1, 0.15) is 62.8 Å². The number of aromatic hydroxyl groups is 1. The standard InChI is InChI=1S/C17H30N2O2/c1-13(2)8-6-4-5-7-9-18-11-16-15(12-20)10-19-14(3)17(16)21/h10,13,18,20-21H,4-9,11-12H2,1-3H3. The van der Waals surface area contributed by atoms with Crippen molar-refractivity contribution in [3.63, 3.8) is 0 Å². The lowest BCUT2D eigenvalue weighted by molar-refractivity contribution is 0.278. The summed E-state index contributed by atoms with van der Waals surface area (Å²) in [6.07, 6.45) is 7.96. The van der Waals surface area contributed by atoms with Gasteiger partial charge in [0.2, 0.25) is 0 Å². The maximum absolute atomic E-state index is 10.0. The molecule has 0 amide bonds. The molecule has 120 valence electrons. The van der Waals surface area contributed by atoms with E-state index in [2.05, 4.69) is 24.1 Å². The van der Waals surface area contributed by atoms with Crippen LogP contribution in [-0.2, 0) is 13.2 Å². The van der Waals surface area contributed by atoms with Crippen molar-refractivity contribution in [1.82, 2.24) is 10.3 Å². The summed E-state index contributed by atoms with van der Waals surface area (Å²) in [6, 6.07) is 0. The molecule has 0 atom stereocenters. The van der Waals surface area contributed by atoms with Gasteiger partial charge < -0.3 is 15.5 Å². The first kappa shape index (κ1) is 17.9. The van der Waals surface area contributed by atoms with E-state index in [9.17, 15) is 10.2 Å². The molecule has 0 aliphatic carbocycles. The van der Waals surface area contributed by atoms with Crippen molar-refractivity contribution < 1.29 is 10.2 Å². The molecule has 1 heterocycles. The van der Waals surface area contributed by atoms with Crippen molar-refractivity contribution in [3.05, 3.63) is 23.0 Å². The fourth-order valence-corrected chi connectivity index (χ4v) is 2.39. The van der Waals surface area contributed by atoms with Gasteiger partial charge in [-0.2, -0.15) is 0 Å². The number of aliphatic hydroxyl groups is 1. The number of nitrogens with one attached hydrogen (secondary N) is 1. The molecule has 0 unspecified atom stereocenters. The maximum Gasteiger partial charge on any atom is 0.141 e. The highest BCUT2D eigenvalue weighted by Gasteiger charge is 2.10. The summed E-state index contributed by atoms with van der Waals surface area (Å²) in [7, 11) is 0. The summed E-state index contributed by atoms with van der Waals surface area (Å²) in [5, 5.41) is 22.7. The number of hydrogen-bond donors (Lipinski definition) is 3. The maximum atomic E-state index is 10.0. The SMILES string of the molecule is Cc1ncc(CO)c(CNCCCCCCC(C)C)c1O. The molecule has 4 nitrogen and oxygen atoms in total. The molecule has 0 aliphatic rings. The number of unbranched alkanes of at least 4 members (excludes halogenated alkanes) is 3. The molecule has 0 spiro atoms. The first-order valence-corrected chi connectivity index (χ1v) is 8.04. The molecular formula is C17H30N2O2. The van der Waals surface area contributed by atoms with E-state index in [-0.39, 0.29) is 12.4 Å². The highest BCUT2D eigenvalue weighted by atomic mass is 16.3. The summed E-state index contributed by atoms with van der Waals surface area (Å²) < 4.78 is 0. The number of rotatable bonds is 10. The van der Waals surface area contributed by atoms with E-state index in [0.717, 1.165) is 24.4 Å². The van der Waals surface area contributed by atoms with Gasteiger partial charge in [0.15, 0.2) is 0 Å². The Labute approximate surface area is 128 Å². The molecule has 1 rings (SSSR count). The number of aryl methyl sites for hydroxylation is 1. The second-order valence-corrected chi connectivity index (χ2v) is 6.13. The summed E-state index contributed by atoms with van der Waals surface area (Å²) in [5.74, 6) is 1.00. The van der Waals surface area contributed by atoms with Crippen LogP contribution in [-0.4, -0.2) is 21.7 Å². The van der Waals surface area contributed by atoms with Gasteiger partial charge in [-0.05, 0) is 25.8 Å². The van der Waals surface area contributed by atoms with Crippen LogP contribution in [0.25, 0.3) is 0 Å². The Hall–Kier alpha value is -1.13. The van der Waals surface area contributed by atoms with E-state index >= 15 is 0 Å². The molecule has 4 heteroatoms. The number of aromatic nitrogens is 1. The molecule has 0 aliphatic heterocycles. The van der Waals surface area contributed by atoms with Gasteiger partial charge in [-0.3, -0.25) is 4.98 Å². The molecule has 1 aromatic heterocycles. The molecule has 0 fully saturated rings. The van der Waals surface area contributed by atoms with Gasteiger partial charge in [0.25, 0.3) is 0 Å². The third-order valence-electron chi connectivity index (χ3n) is 3.79. The fourth-order valence-electron chi connectivity index (χ4n) is 2.39.